The van der Waals surface area contributed by atoms with Gasteiger partial charge in [-0.15, -0.1) is 0 Å². The largest absolute Gasteiger partial charge is 0.368 e. The van der Waals surface area contributed by atoms with Gasteiger partial charge >= 0.3 is 0 Å². The lowest BCUT2D eigenvalue weighted by molar-refractivity contribution is 0.134. The normalized spacial score (nSPS) is 15.4. The first kappa shape index (κ1) is 21.0. The summed E-state index contributed by atoms with van der Waals surface area (Å²) in [6, 6.07) is 18.5. The van der Waals surface area contributed by atoms with Crippen LogP contribution in [0.4, 0.5) is 17.6 Å². The predicted molar refractivity (Wildman–Crippen MR) is 126 cm³/mol. The number of nitrogens with two attached hydrogens (primary N) is 1. The van der Waals surface area contributed by atoms with Crippen LogP contribution < -0.4 is 11.1 Å². The van der Waals surface area contributed by atoms with E-state index in [1.165, 1.54) is 11.1 Å². The molecule has 7 heteroatoms. The Balaban J connectivity index is 1.29. The minimum Gasteiger partial charge on any atom is -0.368 e. The smallest absolute Gasteiger partial charge is 0.232 e. The standard InChI is InChI=1S/C24H29N7/c1-19-7-5-11-21(17-19)26-24-28-22(27-23(25)29-24)18-31-15-13-30(14-16-31)12-6-10-20-8-3-2-4-9-20/h2-11,17H,12-16,18H2,1H3,(H3,25,26,27,28,29)/b10-6+. The van der Waals surface area contributed by atoms with Crippen LogP contribution in [0.1, 0.15) is 17.0 Å². The maximum atomic E-state index is 5.94. The van der Waals surface area contributed by atoms with Crippen LogP contribution in [0.2, 0.25) is 0 Å². The van der Waals surface area contributed by atoms with Crippen molar-refractivity contribution in [2.24, 2.45) is 0 Å². The topological polar surface area (TPSA) is 83.2 Å². The number of benzene rings is 2. The number of nitrogens with one attached hydrogen (secondary N) is 1. The molecule has 31 heavy (non-hydrogen) atoms. The fourth-order valence-corrected chi connectivity index (χ4v) is 3.65. The van der Waals surface area contributed by atoms with Gasteiger partial charge in [0.15, 0.2) is 0 Å². The number of anilines is 3. The number of nitrogens with zero attached hydrogens (tertiary/aromatic N) is 5. The number of aryl methyl sites for hydroxylation is 1. The van der Waals surface area contributed by atoms with Crippen molar-refractivity contribution in [1.29, 1.82) is 0 Å². The van der Waals surface area contributed by atoms with Gasteiger partial charge in [-0.25, -0.2) is 0 Å². The third kappa shape index (κ3) is 6.34. The number of nitrogen functional groups attached to an aromatic ring is 1. The first-order valence-corrected chi connectivity index (χ1v) is 10.6. The Morgan fingerprint density at radius 3 is 2.48 bits per heavy atom. The molecule has 1 aromatic heterocycles. The fourth-order valence-electron chi connectivity index (χ4n) is 3.65. The lowest BCUT2D eigenvalue weighted by Crippen LogP contribution is -2.46. The van der Waals surface area contributed by atoms with Crippen molar-refractivity contribution in [3.05, 3.63) is 77.6 Å². The molecule has 3 N–H and O–H groups in total. The lowest BCUT2D eigenvalue weighted by Gasteiger charge is -2.33. The van der Waals surface area contributed by atoms with Gasteiger partial charge < -0.3 is 11.1 Å². The summed E-state index contributed by atoms with van der Waals surface area (Å²) < 4.78 is 0. The highest BCUT2D eigenvalue weighted by molar-refractivity contribution is 5.54. The Bertz CT molecular complexity index is 1010. The second kappa shape index (κ2) is 10.1. The number of piperazine rings is 1. The zero-order valence-corrected chi connectivity index (χ0v) is 17.9. The van der Waals surface area contributed by atoms with Gasteiger partial charge in [0.25, 0.3) is 0 Å². The molecule has 0 amide bonds. The molecule has 0 bridgehead atoms. The Morgan fingerprint density at radius 1 is 0.935 bits per heavy atom. The predicted octanol–water partition coefficient (Wildman–Crippen LogP) is 3.34. The van der Waals surface area contributed by atoms with Crippen LogP contribution in [0.3, 0.4) is 0 Å². The van der Waals surface area contributed by atoms with Crippen LogP contribution in [0.5, 0.6) is 0 Å². The van der Waals surface area contributed by atoms with Gasteiger partial charge in [-0.2, -0.15) is 15.0 Å². The molecule has 1 fully saturated rings. The molecule has 0 spiro atoms. The van der Waals surface area contributed by atoms with Gasteiger partial charge in [0.2, 0.25) is 11.9 Å². The second-order valence-electron chi connectivity index (χ2n) is 7.82. The van der Waals surface area contributed by atoms with Crippen LogP contribution in [0, 0.1) is 6.92 Å². The zero-order valence-electron chi connectivity index (χ0n) is 17.9. The van der Waals surface area contributed by atoms with Gasteiger partial charge in [0, 0.05) is 38.4 Å². The van der Waals surface area contributed by atoms with E-state index in [4.69, 9.17) is 5.73 Å². The average molecular weight is 416 g/mol. The molecule has 1 aliphatic rings. The highest BCUT2D eigenvalue weighted by Gasteiger charge is 2.17. The average Bonchev–Trinajstić information content (AvgIpc) is 2.75. The molecule has 2 heterocycles. The summed E-state index contributed by atoms with van der Waals surface area (Å²) in [5, 5.41) is 3.23. The lowest BCUT2D eigenvalue weighted by atomic mass is 10.2. The molecule has 0 radical (unpaired) electrons. The van der Waals surface area contributed by atoms with Gasteiger partial charge in [-0.05, 0) is 30.2 Å². The maximum Gasteiger partial charge on any atom is 0.232 e. The fraction of sp³-hybridized carbons (Fsp3) is 0.292. The zero-order chi connectivity index (χ0) is 21.5. The quantitative estimate of drug-likeness (QED) is 0.612. The molecule has 3 aromatic rings. The van der Waals surface area contributed by atoms with Crippen LogP contribution in [-0.2, 0) is 6.54 Å². The first-order chi connectivity index (χ1) is 15.1. The van der Waals surface area contributed by atoms with Crippen LogP contribution >= 0.6 is 0 Å². The molecular weight excluding hydrogens is 386 g/mol. The molecule has 1 aliphatic heterocycles. The van der Waals surface area contributed by atoms with Gasteiger partial charge in [0.05, 0.1) is 6.54 Å². The third-order valence-electron chi connectivity index (χ3n) is 5.28. The SMILES string of the molecule is Cc1cccc(Nc2nc(N)nc(CN3CCN(C/C=C/c4ccccc4)CC3)n2)c1. The molecule has 0 unspecified atom stereocenters. The van der Waals surface area contributed by atoms with E-state index in [0.29, 0.717) is 18.3 Å². The minimum absolute atomic E-state index is 0.241. The molecule has 7 nitrogen and oxygen atoms in total. The highest BCUT2D eigenvalue weighted by atomic mass is 15.3. The highest BCUT2D eigenvalue weighted by Crippen LogP contribution is 2.16. The van der Waals surface area contributed by atoms with E-state index in [1.54, 1.807) is 0 Å². The molecule has 0 aliphatic carbocycles. The van der Waals surface area contributed by atoms with Gasteiger partial charge in [-0.1, -0.05) is 54.6 Å². The number of hydrogen-bond donors (Lipinski definition) is 2. The van der Waals surface area contributed by atoms with E-state index < -0.39 is 0 Å². The summed E-state index contributed by atoms with van der Waals surface area (Å²) in [6.07, 6.45) is 4.42. The Labute approximate surface area is 183 Å². The third-order valence-corrected chi connectivity index (χ3v) is 5.28. The van der Waals surface area contributed by atoms with Gasteiger partial charge in [-0.3, -0.25) is 9.80 Å². The van der Waals surface area contributed by atoms with Crippen molar-refractivity contribution in [3.8, 4) is 0 Å². The maximum absolute atomic E-state index is 5.94. The summed E-state index contributed by atoms with van der Waals surface area (Å²) in [7, 11) is 0. The molecule has 1 saturated heterocycles. The van der Waals surface area contributed by atoms with Crippen LogP contribution in [0.15, 0.2) is 60.7 Å². The molecule has 0 atom stereocenters. The van der Waals surface area contributed by atoms with E-state index >= 15 is 0 Å². The summed E-state index contributed by atoms with van der Waals surface area (Å²) in [6.45, 7) is 7.68. The van der Waals surface area contributed by atoms with Crippen molar-refractivity contribution in [2.75, 3.05) is 43.8 Å². The summed E-state index contributed by atoms with van der Waals surface area (Å²) in [5.74, 6) is 1.42. The number of aromatic nitrogens is 3. The van der Waals surface area contributed by atoms with Crippen LogP contribution in [0.25, 0.3) is 6.08 Å². The Morgan fingerprint density at radius 2 is 1.71 bits per heavy atom. The first-order valence-electron chi connectivity index (χ1n) is 10.6. The van der Waals surface area contributed by atoms with E-state index in [9.17, 15) is 0 Å². The van der Waals surface area contributed by atoms with Crippen LogP contribution in [-0.4, -0.2) is 57.5 Å². The molecule has 0 saturated carbocycles. The minimum atomic E-state index is 0.241. The molecule has 4 rings (SSSR count). The van der Waals surface area contributed by atoms with Gasteiger partial charge in [0.1, 0.15) is 5.82 Å². The van der Waals surface area contributed by atoms with E-state index in [-0.39, 0.29) is 5.95 Å². The van der Waals surface area contributed by atoms with Crippen molar-refractivity contribution in [1.82, 2.24) is 24.8 Å². The Hall–Kier alpha value is -3.29. The van der Waals surface area contributed by atoms with Crippen molar-refractivity contribution < 1.29 is 0 Å². The molecule has 2 aromatic carbocycles. The summed E-state index contributed by atoms with van der Waals surface area (Å²) >= 11 is 0. The number of hydrogen-bond acceptors (Lipinski definition) is 7. The molecular formula is C24H29N7. The summed E-state index contributed by atoms with van der Waals surface area (Å²) in [4.78, 5) is 18.0. The Kier molecular flexibility index (Phi) is 6.86. The van der Waals surface area contributed by atoms with E-state index in [2.05, 4.69) is 79.5 Å². The summed E-state index contributed by atoms with van der Waals surface area (Å²) in [5.41, 5.74) is 9.28. The van der Waals surface area contributed by atoms with Crippen molar-refractivity contribution in [3.63, 3.8) is 0 Å². The number of rotatable bonds is 7. The van der Waals surface area contributed by atoms with E-state index in [1.807, 2.05) is 24.3 Å². The van der Waals surface area contributed by atoms with E-state index in [0.717, 1.165) is 38.4 Å². The van der Waals surface area contributed by atoms with Crippen molar-refractivity contribution >= 4 is 23.7 Å². The van der Waals surface area contributed by atoms with Crippen molar-refractivity contribution in [2.45, 2.75) is 13.5 Å². The second-order valence-corrected chi connectivity index (χ2v) is 7.82. The molecule has 160 valence electrons. The monoisotopic (exact) mass is 415 g/mol.